The van der Waals surface area contributed by atoms with Crippen molar-refractivity contribution < 1.29 is 19.4 Å². The molecule has 1 amide bonds. The van der Waals surface area contributed by atoms with E-state index in [9.17, 15) is 19.4 Å². The van der Waals surface area contributed by atoms with Crippen LogP contribution in [-0.4, -0.2) is 45.2 Å². The number of hydrogen-bond donors (Lipinski definition) is 4. The first-order chi connectivity index (χ1) is 24.0. The molecule has 5 rings (SSSR count). The molecule has 8 heteroatoms. The van der Waals surface area contributed by atoms with Crippen LogP contribution in [0.2, 0.25) is 0 Å². The predicted octanol–water partition coefficient (Wildman–Crippen LogP) is 10.3. The maximum absolute atomic E-state index is 13.4. The van der Waals surface area contributed by atoms with Gasteiger partial charge in [-0.3, -0.25) is 4.79 Å². The molecule has 0 aliphatic heterocycles. The number of benzene rings is 4. The normalized spacial score (nSPS) is 12.7. The van der Waals surface area contributed by atoms with Gasteiger partial charge < -0.3 is 30.3 Å². The number of carbonyl (C=O) groups excluding carboxylic acids is 1. The molecular weight excluding hydrogens is 627 g/mol. The van der Waals surface area contributed by atoms with Gasteiger partial charge in [-0.15, -0.1) is 0 Å². The summed E-state index contributed by atoms with van der Waals surface area (Å²) in [5.41, 5.74) is 6.71. The first-order valence-electron chi connectivity index (χ1n) is 17.8. The first-order valence-corrected chi connectivity index (χ1v) is 17.8. The van der Waals surface area contributed by atoms with E-state index in [4.69, 9.17) is 0 Å². The van der Waals surface area contributed by atoms with Crippen LogP contribution in [0.25, 0.3) is 22.0 Å². The van der Waals surface area contributed by atoms with Crippen molar-refractivity contribution in [2.45, 2.75) is 67.3 Å². The Labute approximate surface area is 295 Å². The second-order valence-electron chi connectivity index (χ2n) is 13.8. The zero-order valence-electron chi connectivity index (χ0n) is 30.2. The topological polar surface area (TPSA) is 89.8 Å². The molecule has 4 aromatic carbocycles. The van der Waals surface area contributed by atoms with Crippen molar-refractivity contribution in [3.63, 3.8) is 0 Å². The molecule has 2 atom stereocenters. The van der Waals surface area contributed by atoms with E-state index in [2.05, 4.69) is 79.8 Å². The zero-order chi connectivity index (χ0) is 35.9. The van der Waals surface area contributed by atoms with Crippen LogP contribution in [0.4, 0.5) is 21.5 Å². The Morgan fingerprint density at radius 2 is 1.56 bits per heavy atom. The minimum atomic E-state index is -0.421. The van der Waals surface area contributed by atoms with Crippen LogP contribution in [0.15, 0.2) is 78.9 Å². The van der Waals surface area contributed by atoms with E-state index in [1.165, 1.54) is 77.8 Å². The van der Waals surface area contributed by atoms with Gasteiger partial charge in [0.2, 0.25) is 0 Å². The van der Waals surface area contributed by atoms with Crippen molar-refractivity contribution in [3.05, 3.63) is 102 Å². The number of carbonyl (C=O) groups is 1. The fraction of sp³-hybridized carbons (Fsp3) is 0.357. The smallest absolute Gasteiger partial charge is 0.255 e. The summed E-state index contributed by atoms with van der Waals surface area (Å²) in [4.78, 5) is 15.9. The molecule has 0 radical (unpaired) electrons. The number of fused-ring (bicyclic) bond motifs is 1. The number of phenols is 2. The number of nitrogens with one attached hydrogen (secondary N) is 2. The standard InChI is InChI=1S/C42H51FN4O3/c1-7-19-46(20-18-27(3)8-2)25-28(4)26-47-30(6)29(5)37-22-35(16-17-38(37)47)44-34-11-9-10-32(21-34)42(50)45-36-23-39(48)41(40(49)24-36)31-12-14-33(43)15-13-31/h9-17,21-24,27-28,44,48-49H,7-8,18-20,25-26H2,1-6H3,(H,45,50). The van der Waals surface area contributed by atoms with Gasteiger partial charge in [0.1, 0.15) is 17.3 Å². The number of rotatable bonds is 15. The molecule has 0 bridgehead atoms. The Balaban J connectivity index is 1.27. The minimum Gasteiger partial charge on any atom is -0.507 e. The van der Waals surface area contributed by atoms with Crippen molar-refractivity contribution in [1.82, 2.24) is 9.47 Å². The molecule has 0 aliphatic carbocycles. The van der Waals surface area contributed by atoms with Crippen LogP contribution in [0.5, 0.6) is 11.5 Å². The van der Waals surface area contributed by atoms with Crippen molar-refractivity contribution in [2.24, 2.45) is 11.8 Å². The molecule has 1 aromatic heterocycles. The highest BCUT2D eigenvalue weighted by Crippen LogP contribution is 2.40. The van der Waals surface area contributed by atoms with Crippen molar-refractivity contribution >= 4 is 33.9 Å². The van der Waals surface area contributed by atoms with Gasteiger partial charge in [-0.05, 0) is 111 Å². The van der Waals surface area contributed by atoms with E-state index in [-0.39, 0.29) is 22.7 Å². The monoisotopic (exact) mass is 678 g/mol. The van der Waals surface area contributed by atoms with Gasteiger partial charge >= 0.3 is 0 Å². The third-order valence-electron chi connectivity index (χ3n) is 9.78. The predicted molar refractivity (Wildman–Crippen MR) is 204 cm³/mol. The van der Waals surface area contributed by atoms with Gasteiger partial charge in [0.25, 0.3) is 5.91 Å². The molecular formula is C42H51FN4O3. The van der Waals surface area contributed by atoms with Crippen molar-refractivity contribution in [2.75, 3.05) is 30.3 Å². The van der Waals surface area contributed by atoms with Gasteiger partial charge in [-0.25, -0.2) is 4.39 Å². The summed E-state index contributed by atoms with van der Waals surface area (Å²) in [6, 6.07) is 21.8. The first kappa shape index (κ1) is 36.5. The summed E-state index contributed by atoms with van der Waals surface area (Å²) in [7, 11) is 0. The minimum absolute atomic E-state index is 0.160. The third kappa shape index (κ3) is 8.66. The fourth-order valence-corrected chi connectivity index (χ4v) is 6.70. The second-order valence-corrected chi connectivity index (χ2v) is 13.8. The van der Waals surface area contributed by atoms with E-state index >= 15 is 0 Å². The van der Waals surface area contributed by atoms with Crippen LogP contribution in [0, 0.1) is 31.5 Å². The van der Waals surface area contributed by atoms with Crippen LogP contribution in [-0.2, 0) is 6.54 Å². The van der Waals surface area contributed by atoms with Gasteiger partial charge in [0.15, 0.2) is 0 Å². The number of amides is 1. The summed E-state index contributed by atoms with van der Waals surface area (Å²) in [6.07, 6.45) is 3.65. The molecule has 5 aromatic rings. The van der Waals surface area contributed by atoms with E-state index in [1.54, 1.807) is 18.2 Å². The number of halogens is 1. The molecule has 0 saturated carbocycles. The molecule has 7 nitrogen and oxygen atoms in total. The highest BCUT2D eigenvalue weighted by molar-refractivity contribution is 6.05. The lowest BCUT2D eigenvalue weighted by Crippen LogP contribution is -2.32. The lowest BCUT2D eigenvalue weighted by molar-refractivity contribution is 0.102. The second kappa shape index (κ2) is 16.3. The maximum atomic E-state index is 13.4. The molecule has 1 heterocycles. The van der Waals surface area contributed by atoms with Crippen molar-refractivity contribution in [3.8, 4) is 22.6 Å². The maximum Gasteiger partial charge on any atom is 0.255 e. The Bertz CT molecular complexity index is 1910. The highest BCUT2D eigenvalue weighted by atomic mass is 19.1. The lowest BCUT2D eigenvalue weighted by atomic mass is 10.0. The van der Waals surface area contributed by atoms with E-state index in [1.807, 2.05) is 6.07 Å². The number of nitrogens with zero attached hydrogens (tertiary/aromatic N) is 2. The number of phenolic OH excluding ortho intramolecular Hbond substituents is 2. The molecule has 2 unspecified atom stereocenters. The number of aromatic hydroxyl groups is 2. The van der Waals surface area contributed by atoms with E-state index in [0.717, 1.165) is 43.5 Å². The molecule has 0 spiro atoms. The molecule has 264 valence electrons. The fourth-order valence-electron chi connectivity index (χ4n) is 6.70. The largest absolute Gasteiger partial charge is 0.507 e. The quantitative estimate of drug-likeness (QED) is 0.0885. The summed E-state index contributed by atoms with van der Waals surface area (Å²) < 4.78 is 15.8. The lowest BCUT2D eigenvalue weighted by Gasteiger charge is -2.27. The van der Waals surface area contributed by atoms with Gasteiger partial charge in [-0.2, -0.15) is 0 Å². The number of aryl methyl sites for hydroxylation is 1. The third-order valence-corrected chi connectivity index (χ3v) is 9.78. The molecule has 0 fully saturated rings. The molecule has 0 saturated heterocycles. The van der Waals surface area contributed by atoms with E-state index in [0.29, 0.717) is 17.0 Å². The summed E-state index contributed by atoms with van der Waals surface area (Å²) in [5.74, 6) is -0.0118. The van der Waals surface area contributed by atoms with E-state index < -0.39 is 11.7 Å². The Hall–Kier alpha value is -4.82. The van der Waals surface area contributed by atoms with Crippen LogP contribution >= 0.6 is 0 Å². The average molecular weight is 679 g/mol. The summed E-state index contributed by atoms with van der Waals surface area (Å²) >= 11 is 0. The molecule has 4 N–H and O–H groups in total. The van der Waals surface area contributed by atoms with Crippen LogP contribution < -0.4 is 10.6 Å². The summed E-state index contributed by atoms with van der Waals surface area (Å²) in [6.45, 7) is 18.0. The SMILES string of the molecule is CCCN(CCC(C)CC)CC(C)Cn1c(C)c(C)c2cc(Nc3cccc(C(=O)Nc4cc(O)c(-c5ccc(F)cc5)c(O)c4)c3)ccc21. The average Bonchev–Trinajstić information content (AvgIpc) is 3.31. The van der Waals surface area contributed by atoms with Crippen LogP contribution in [0.1, 0.15) is 68.6 Å². The molecule has 50 heavy (non-hydrogen) atoms. The van der Waals surface area contributed by atoms with Crippen LogP contribution in [0.3, 0.4) is 0 Å². The Morgan fingerprint density at radius 1 is 0.860 bits per heavy atom. The van der Waals surface area contributed by atoms with Gasteiger partial charge in [-0.1, -0.05) is 52.3 Å². The zero-order valence-corrected chi connectivity index (χ0v) is 30.2. The molecule has 0 aliphatic rings. The summed E-state index contributed by atoms with van der Waals surface area (Å²) in [5, 5.41) is 28.7. The Kier molecular flexibility index (Phi) is 11.9. The number of aromatic nitrogens is 1. The highest BCUT2D eigenvalue weighted by Gasteiger charge is 2.18. The Morgan fingerprint density at radius 3 is 2.24 bits per heavy atom. The van der Waals surface area contributed by atoms with Gasteiger partial charge in [0.05, 0.1) is 5.56 Å². The van der Waals surface area contributed by atoms with Crippen molar-refractivity contribution in [1.29, 1.82) is 0 Å². The van der Waals surface area contributed by atoms with Gasteiger partial charge in [0, 0.05) is 64.4 Å². The number of hydrogen-bond acceptors (Lipinski definition) is 5. The number of anilines is 3.